The van der Waals surface area contributed by atoms with Crippen LogP contribution in [0.4, 0.5) is 0 Å². The van der Waals surface area contributed by atoms with Gasteiger partial charge in [-0.1, -0.05) is 13.8 Å². The highest BCUT2D eigenvalue weighted by atomic mass is 35.5. The van der Waals surface area contributed by atoms with E-state index in [0.29, 0.717) is 0 Å². The van der Waals surface area contributed by atoms with E-state index in [2.05, 4.69) is 41.5 Å². The molecule has 0 aromatic heterocycles. The summed E-state index contributed by atoms with van der Waals surface area (Å²) in [6.45, 7) is 12.9. The quantitative estimate of drug-likeness (QED) is 0.662. The highest BCUT2D eigenvalue weighted by Crippen LogP contribution is 2.24. The predicted octanol–water partition coefficient (Wildman–Crippen LogP) is 3.80. The van der Waals surface area contributed by atoms with Crippen molar-refractivity contribution < 1.29 is 4.74 Å². The molecule has 0 atom stereocenters. The van der Waals surface area contributed by atoms with Crippen LogP contribution in [-0.4, -0.2) is 11.2 Å². The van der Waals surface area contributed by atoms with Crippen LogP contribution in [0.3, 0.4) is 0 Å². The molecular weight excluding hydrogens is 172 g/mol. The van der Waals surface area contributed by atoms with Gasteiger partial charge in [0, 0.05) is 0 Å². The van der Waals surface area contributed by atoms with Gasteiger partial charge in [0.25, 0.3) is 0 Å². The minimum atomic E-state index is 0. The molecule has 12 heavy (non-hydrogen) atoms. The second-order valence-electron chi connectivity index (χ2n) is 4.33. The van der Waals surface area contributed by atoms with Gasteiger partial charge in [0.05, 0.1) is 11.2 Å². The zero-order valence-corrected chi connectivity index (χ0v) is 10.0. The molecule has 0 aromatic carbocycles. The number of hydrogen-bond acceptors (Lipinski definition) is 1. The van der Waals surface area contributed by atoms with Crippen LogP contribution in [0.25, 0.3) is 0 Å². The van der Waals surface area contributed by atoms with Gasteiger partial charge in [-0.3, -0.25) is 0 Å². The second-order valence-corrected chi connectivity index (χ2v) is 4.33. The molecule has 0 spiro atoms. The Balaban J connectivity index is 0. The van der Waals surface area contributed by atoms with Crippen LogP contribution >= 0.6 is 12.4 Å². The Kier molecular flexibility index (Phi) is 6.25. The van der Waals surface area contributed by atoms with Gasteiger partial charge in [0.1, 0.15) is 0 Å². The first kappa shape index (κ1) is 14.8. The SMILES string of the molecule is CCC(C)(C)OC(C)(C)CC.Cl. The Labute approximate surface area is 83.3 Å². The van der Waals surface area contributed by atoms with E-state index in [9.17, 15) is 0 Å². The van der Waals surface area contributed by atoms with Crippen molar-refractivity contribution in [2.24, 2.45) is 0 Å². The standard InChI is InChI=1S/C10H22O.ClH/c1-7-9(3,4)11-10(5,6)8-2;/h7-8H2,1-6H3;1H. The maximum absolute atomic E-state index is 5.92. The molecule has 0 aromatic rings. The molecule has 0 unspecified atom stereocenters. The largest absolute Gasteiger partial charge is 0.370 e. The molecule has 0 fully saturated rings. The summed E-state index contributed by atoms with van der Waals surface area (Å²) < 4.78 is 5.92. The normalized spacial score (nSPS) is 12.5. The maximum atomic E-state index is 5.92. The fourth-order valence-electron chi connectivity index (χ4n) is 0.892. The first-order valence-corrected chi connectivity index (χ1v) is 4.53. The van der Waals surface area contributed by atoms with Crippen molar-refractivity contribution in [2.45, 2.75) is 65.6 Å². The van der Waals surface area contributed by atoms with E-state index in [4.69, 9.17) is 4.74 Å². The van der Waals surface area contributed by atoms with Gasteiger partial charge in [-0.25, -0.2) is 0 Å². The fourth-order valence-corrected chi connectivity index (χ4v) is 0.892. The molecular formula is C10H23ClO. The average molecular weight is 195 g/mol. The Hall–Kier alpha value is 0.250. The Morgan fingerprint density at radius 3 is 1.25 bits per heavy atom. The number of hydrogen-bond donors (Lipinski definition) is 0. The molecule has 0 saturated heterocycles. The first-order valence-electron chi connectivity index (χ1n) is 4.53. The fraction of sp³-hybridized carbons (Fsp3) is 1.00. The van der Waals surface area contributed by atoms with Gasteiger partial charge in [-0.15, -0.1) is 12.4 Å². The van der Waals surface area contributed by atoms with E-state index in [1.165, 1.54) is 0 Å². The van der Waals surface area contributed by atoms with Crippen molar-refractivity contribution in [3.05, 3.63) is 0 Å². The van der Waals surface area contributed by atoms with E-state index in [-0.39, 0.29) is 23.6 Å². The molecule has 1 nitrogen and oxygen atoms in total. The third-order valence-electron chi connectivity index (χ3n) is 2.26. The van der Waals surface area contributed by atoms with Crippen molar-refractivity contribution in [1.29, 1.82) is 0 Å². The third-order valence-corrected chi connectivity index (χ3v) is 2.26. The molecule has 0 aliphatic carbocycles. The molecule has 2 heteroatoms. The van der Waals surface area contributed by atoms with Crippen LogP contribution < -0.4 is 0 Å². The van der Waals surface area contributed by atoms with Gasteiger partial charge in [0.15, 0.2) is 0 Å². The molecule has 0 radical (unpaired) electrons. The Morgan fingerprint density at radius 1 is 0.833 bits per heavy atom. The topological polar surface area (TPSA) is 9.23 Å². The summed E-state index contributed by atoms with van der Waals surface area (Å²) in [6, 6.07) is 0. The Morgan fingerprint density at radius 2 is 1.08 bits per heavy atom. The third kappa shape index (κ3) is 5.84. The lowest BCUT2D eigenvalue weighted by molar-refractivity contribution is -0.124. The van der Waals surface area contributed by atoms with Gasteiger partial charge < -0.3 is 4.74 Å². The van der Waals surface area contributed by atoms with Gasteiger partial charge in [-0.05, 0) is 40.5 Å². The molecule has 76 valence electrons. The van der Waals surface area contributed by atoms with E-state index < -0.39 is 0 Å². The highest BCUT2D eigenvalue weighted by Gasteiger charge is 2.25. The van der Waals surface area contributed by atoms with E-state index in [1.54, 1.807) is 0 Å². The van der Waals surface area contributed by atoms with E-state index in [1.807, 2.05) is 0 Å². The number of halogens is 1. The van der Waals surface area contributed by atoms with Crippen molar-refractivity contribution in [3.63, 3.8) is 0 Å². The summed E-state index contributed by atoms with van der Waals surface area (Å²) in [5.41, 5.74) is 0.0546. The van der Waals surface area contributed by atoms with Crippen LogP contribution in [-0.2, 0) is 4.74 Å². The number of rotatable bonds is 4. The maximum Gasteiger partial charge on any atom is 0.0631 e. The average Bonchev–Trinajstić information content (AvgIpc) is 1.86. The van der Waals surface area contributed by atoms with Gasteiger partial charge in [-0.2, -0.15) is 0 Å². The summed E-state index contributed by atoms with van der Waals surface area (Å²) in [6.07, 6.45) is 2.13. The van der Waals surface area contributed by atoms with E-state index in [0.717, 1.165) is 12.8 Å². The monoisotopic (exact) mass is 194 g/mol. The lowest BCUT2D eigenvalue weighted by Crippen LogP contribution is -2.35. The lowest BCUT2D eigenvalue weighted by atomic mass is 10.0. The van der Waals surface area contributed by atoms with Gasteiger partial charge >= 0.3 is 0 Å². The molecule has 0 saturated carbocycles. The summed E-state index contributed by atoms with van der Waals surface area (Å²) in [5.74, 6) is 0. The molecule has 0 rings (SSSR count). The molecule has 0 N–H and O–H groups in total. The molecule has 0 heterocycles. The first-order chi connectivity index (χ1) is 4.83. The van der Waals surface area contributed by atoms with Crippen molar-refractivity contribution in [3.8, 4) is 0 Å². The van der Waals surface area contributed by atoms with Crippen LogP contribution in [0.2, 0.25) is 0 Å². The number of ether oxygens (including phenoxy) is 1. The lowest BCUT2D eigenvalue weighted by Gasteiger charge is -2.34. The Bertz CT molecular complexity index is 105. The zero-order valence-electron chi connectivity index (χ0n) is 9.23. The predicted molar refractivity (Wildman–Crippen MR) is 57.1 cm³/mol. The molecule has 0 aliphatic heterocycles. The second kappa shape index (κ2) is 5.08. The summed E-state index contributed by atoms with van der Waals surface area (Å²) in [5, 5.41) is 0. The van der Waals surface area contributed by atoms with Gasteiger partial charge in [0.2, 0.25) is 0 Å². The zero-order chi connectivity index (χ0) is 9.12. The molecule has 0 aliphatic rings. The molecule has 0 bridgehead atoms. The summed E-state index contributed by atoms with van der Waals surface area (Å²) in [7, 11) is 0. The summed E-state index contributed by atoms with van der Waals surface area (Å²) in [4.78, 5) is 0. The van der Waals surface area contributed by atoms with Crippen LogP contribution in [0.1, 0.15) is 54.4 Å². The minimum Gasteiger partial charge on any atom is -0.370 e. The smallest absolute Gasteiger partial charge is 0.0631 e. The van der Waals surface area contributed by atoms with Crippen LogP contribution in [0.5, 0.6) is 0 Å². The van der Waals surface area contributed by atoms with Crippen LogP contribution in [0.15, 0.2) is 0 Å². The van der Waals surface area contributed by atoms with E-state index >= 15 is 0 Å². The summed E-state index contributed by atoms with van der Waals surface area (Å²) >= 11 is 0. The molecule has 0 amide bonds. The van der Waals surface area contributed by atoms with Crippen molar-refractivity contribution in [1.82, 2.24) is 0 Å². The highest BCUT2D eigenvalue weighted by molar-refractivity contribution is 5.85. The minimum absolute atomic E-state index is 0. The van der Waals surface area contributed by atoms with Crippen LogP contribution in [0, 0.1) is 0 Å². The van der Waals surface area contributed by atoms with Crippen molar-refractivity contribution in [2.75, 3.05) is 0 Å². The van der Waals surface area contributed by atoms with Crippen molar-refractivity contribution >= 4 is 12.4 Å².